The summed E-state index contributed by atoms with van der Waals surface area (Å²) in [6.45, 7) is 7.37. The molecule has 2 heteroatoms. The van der Waals surface area contributed by atoms with Crippen LogP contribution in [0.15, 0.2) is 24.3 Å². The molecule has 1 aliphatic rings. The Labute approximate surface area is 110 Å². The van der Waals surface area contributed by atoms with E-state index in [1.807, 2.05) is 6.92 Å². The summed E-state index contributed by atoms with van der Waals surface area (Å²) in [7, 11) is 0. The van der Waals surface area contributed by atoms with Crippen LogP contribution in [0.3, 0.4) is 0 Å². The van der Waals surface area contributed by atoms with Crippen molar-refractivity contribution < 1.29 is 4.79 Å². The molecule has 0 aromatic heterocycles. The first-order valence-electron chi connectivity index (χ1n) is 6.88. The molecule has 0 aliphatic carbocycles. The zero-order valence-electron chi connectivity index (χ0n) is 11.6. The fraction of sp³-hybridized carbons (Fsp3) is 0.562. The van der Waals surface area contributed by atoms with Crippen LogP contribution in [0.4, 0.5) is 0 Å². The minimum Gasteiger partial charge on any atom is -0.305 e. The second-order valence-electron chi connectivity index (χ2n) is 5.86. The van der Waals surface area contributed by atoms with Gasteiger partial charge in [0.25, 0.3) is 0 Å². The SMILES string of the molecule is CC(C)c1ccc(CC(=O)C2(C)CCCN2)cc1. The minimum atomic E-state index is -0.295. The van der Waals surface area contributed by atoms with Crippen LogP contribution in [0.25, 0.3) is 0 Å². The number of carbonyl (C=O) groups excluding carboxylic acids is 1. The highest BCUT2D eigenvalue weighted by atomic mass is 16.1. The van der Waals surface area contributed by atoms with Crippen molar-refractivity contribution in [3.63, 3.8) is 0 Å². The molecule has 1 aromatic rings. The molecule has 0 bridgehead atoms. The molecule has 2 nitrogen and oxygen atoms in total. The first-order valence-corrected chi connectivity index (χ1v) is 6.88. The molecule has 1 saturated heterocycles. The van der Waals surface area contributed by atoms with E-state index >= 15 is 0 Å². The van der Waals surface area contributed by atoms with Gasteiger partial charge < -0.3 is 5.32 Å². The van der Waals surface area contributed by atoms with Crippen LogP contribution >= 0.6 is 0 Å². The Morgan fingerprint density at radius 1 is 1.33 bits per heavy atom. The van der Waals surface area contributed by atoms with Gasteiger partial charge in [-0.15, -0.1) is 0 Å². The molecule has 1 heterocycles. The number of hydrogen-bond acceptors (Lipinski definition) is 2. The lowest BCUT2D eigenvalue weighted by atomic mass is 9.90. The summed E-state index contributed by atoms with van der Waals surface area (Å²) in [4.78, 5) is 12.3. The predicted octanol–water partition coefficient (Wildman–Crippen LogP) is 3.06. The smallest absolute Gasteiger partial charge is 0.156 e. The third kappa shape index (κ3) is 2.81. The van der Waals surface area contributed by atoms with E-state index < -0.39 is 0 Å². The Kier molecular flexibility index (Phi) is 3.86. The van der Waals surface area contributed by atoms with Crippen LogP contribution in [-0.4, -0.2) is 17.9 Å². The van der Waals surface area contributed by atoms with E-state index in [-0.39, 0.29) is 5.54 Å². The van der Waals surface area contributed by atoms with Gasteiger partial charge in [-0.05, 0) is 43.4 Å². The highest BCUT2D eigenvalue weighted by Crippen LogP contribution is 2.22. The molecular weight excluding hydrogens is 222 g/mol. The molecule has 1 atom stereocenters. The molecule has 2 rings (SSSR count). The largest absolute Gasteiger partial charge is 0.305 e. The lowest BCUT2D eigenvalue weighted by molar-refractivity contribution is -0.123. The molecule has 0 radical (unpaired) electrons. The summed E-state index contributed by atoms with van der Waals surface area (Å²) in [5.41, 5.74) is 2.16. The molecule has 1 fully saturated rings. The Hall–Kier alpha value is -1.15. The summed E-state index contributed by atoms with van der Waals surface area (Å²) >= 11 is 0. The number of ketones is 1. The Balaban J connectivity index is 2.03. The second-order valence-corrected chi connectivity index (χ2v) is 5.86. The Morgan fingerprint density at radius 2 is 2.00 bits per heavy atom. The lowest BCUT2D eigenvalue weighted by Crippen LogP contribution is -2.45. The van der Waals surface area contributed by atoms with Gasteiger partial charge in [-0.3, -0.25) is 4.79 Å². The van der Waals surface area contributed by atoms with Crippen molar-refractivity contribution in [3.05, 3.63) is 35.4 Å². The average molecular weight is 245 g/mol. The van der Waals surface area contributed by atoms with Gasteiger partial charge in [-0.25, -0.2) is 0 Å². The topological polar surface area (TPSA) is 29.1 Å². The van der Waals surface area contributed by atoms with Crippen molar-refractivity contribution in [1.29, 1.82) is 0 Å². The van der Waals surface area contributed by atoms with E-state index in [1.165, 1.54) is 5.56 Å². The van der Waals surface area contributed by atoms with Crippen LogP contribution in [0.1, 0.15) is 50.7 Å². The lowest BCUT2D eigenvalue weighted by Gasteiger charge is -2.22. The van der Waals surface area contributed by atoms with Crippen molar-refractivity contribution in [2.75, 3.05) is 6.54 Å². The molecular formula is C16H23NO. The standard InChI is InChI=1S/C16H23NO/c1-12(2)14-7-5-13(6-8-14)11-15(18)16(3)9-4-10-17-16/h5-8,12,17H,4,9-11H2,1-3H3. The van der Waals surface area contributed by atoms with Crippen molar-refractivity contribution in [3.8, 4) is 0 Å². The third-order valence-electron chi connectivity index (χ3n) is 4.00. The van der Waals surface area contributed by atoms with Gasteiger partial charge in [0.15, 0.2) is 5.78 Å². The van der Waals surface area contributed by atoms with Crippen molar-refractivity contribution in [1.82, 2.24) is 5.32 Å². The zero-order chi connectivity index (χ0) is 13.2. The van der Waals surface area contributed by atoms with Crippen molar-refractivity contribution in [2.45, 2.75) is 51.5 Å². The third-order valence-corrected chi connectivity index (χ3v) is 4.00. The summed E-state index contributed by atoms with van der Waals surface area (Å²) in [6, 6.07) is 8.45. The van der Waals surface area contributed by atoms with Gasteiger partial charge in [0, 0.05) is 6.42 Å². The molecule has 1 N–H and O–H groups in total. The van der Waals surface area contributed by atoms with Gasteiger partial charge in [0.1, 0.15) is 0 Å². The first-order chi connectivity index (χ1) is 8.51. The van der Waals surface area contributed by atoms with Crippen LogP contribution < -0.4 is 5.32 Å². The molecule has 1 aliphatic heterocycles. The Bertz CT molecular complexity index is 413. The van der Waals surface area contributed by atoms with Crippen molar-refractivity contribution in [2.24, 2.45) is 0 Å². The van der Waals surface area contributed by atoms with E-state index in [2.05, 4.69) is 43.4 Å². The molecule has 1 aromatic carbocycles. The van der Waals surface area contributed by atoms with E-state index in [9.17, 15) is 4.79 Å². The molecule has 0 saturated carbocycles. The second kappa shape index (κ2) is 5.23. The number of rotatable bonds is 4. The minimum absolute atomic E-state index is 0.295. The number of hydrogen-bond donors (Lipinski definition) is 1. The highest BCUT2D eigenvalue weighted by molar-refractivity contribution is 5.90. The van der Waals surface area contributed by atoms with E-state index in [0.717, 1.165) is 24.9 Å². The van der Waals surface area contributed by atoms with Crippen LogP contribution in [0.5, 0.6) is 0 Å². The van der Waals surface area contributed by atoms with E-state index in [4.69, 9.17) is 0 Å². The molecule has 0 amide bonds. The van der Waals surface area contributed by atoms with Gasteiger partial charge >= 0.3 is 0 Å². The van der Waals surface area contributed by atoms with Gasteiger partial charge in [-0.1, -0.05) is 38.1 Å². The average Bonchev–Trinajstić information content (AvgIpc) is 2.78. The maximum atomic E-state index is 12.3. The van der Waals surface area contributed by atoms with Gasteiger partial charge in [0.2, 0.25) is 0 Å². The van der Waals surface area contributed by atoms with Gasteiger partial charge in [-0.2, -0.15) is 0 Å². The number of Topliss-reactive ketones (excluding diaryl/α,β-unsaturated/α-hetero) is 1. The monoisotopic (exact) mass is 245 g/mol. The predicted molar refractivity (Wildman–Crippen MR) is 74.9 cm³/mol. The molecule has 0 spiro atoms. The molecule has 18 heavy (non-hydrogen) atoms. The van der Waals surface area contributed by atoms with Crippen LogP contribution in [-0.2, 0) is 11.2 Å². The fourth-order valence-corrected chi connectivity index (χ4v) is 2.53. The molecule has 98 valence electrons. The number of nitrogens with one attached hydrogen (secondary N) is 1. The zero-order valence-corrected chi connectivity index (χ0v) is 11.6. The Morgan fingerprint density at radius 3 is 2.50 bits per heavy atom. The molecule has 1 unspecified atom stereocenters. The summed E-state index contributed by atoms with van der Waals surface area (Å²) in [6.07, 6.45) is 2.62. The number of carbonyl (C=O) groups is 1. The summed E-state index contributed by atoms with van der Waals surface area (Å²) < 4.78 is 0. The van der Waals surface area contributed by atoms with Crippen LogP contribution in [0.2, 0.25) is 0 Å². The van der Waals surface area contributed by atoms with Crippen molar-refractivity contribution >= 4 is 5.78 Å². The van der Waals surface area contributed by atoms with E-state index in [1.54, 1.807) is 0 Å². The highest BCUT2D eigenvalue weighted by Gasteiger charge is 2.35. The summed E-state index contributed by atoms with van der Waals surface area (Å²) in [5, 5.41) is 3.33. The first kappa shape index (κ1) is 13.3. The normalized spacial score (nSPS) is 23.6. The maximum Gasteiger partial charge on any atom is 0.156 e. The summed E-state index contributed by atoms with van der Waals surface area (Å²) in [5.74, 6) is 0.862. The van der Waals surface area contributed by atoms with Gasteiger partial charge in [0.05, 0.1) is 5.54 Å². The van der Waals surface area contributed by atoms with E-state index in [0.29, 0.717) is 18.1 Å². The van der Waals surface area contributed by atoms with Crippen LogP contribution in [0, 0.1) is 0 Å². The fourth-order valence-electron chi connectivity index (χ4n) is 2.53. The number of benzene rings is 1. The quantitative estimate of drug-likeness (QED) is 0.883. The maximum absolute atomic E-state index is 12.3.